The molecule has 0 aliphatic rings. The number of rotatable bonds is 30. The zero-order valence-electron chi connectivity index (χ0n) is 29.6. The second-order valence-corrected chi connectivity index (χ2v) is 12.3. The van der Waals surface area contributed by atoms with Gasteiger partial charge in [-0.25, -0.2) is 0 Å². The molecule has 0 saturated heterocycles. The molecule has 268 valence electrons. The Balaban J connectivity index is 3.77. The predicted octanol–water partition coefficient (Wildman–Crippen LogP) is 8.80. The van der Waals surface area contributed by atoms with Gasteiger partial charge in [-0.2, -0.15) is 0 Å². The SMILES string of the molecule is CC/C=C\C[C@@H](O)/C=C/C=C\C=C\[C@@H](O)C/C=C\C/C=C\CCC(=O)OC[C@@H](O)COC(=O)CCCCCCCCCCC(C)CC. The minimum absolute atomic E-state index is 0.171. The summed E-state index contributed by atoms with van der Waals surface area (Å²) in [6, 6.07) is 0. The van der Waals surface area contributed by atoms with Gasteiger partial charge in [0.05, 0.1) is 12.2 Å². The van der Waals surface area contributed by atoms with E-state index >= 15 is 0 Å². The number of hydrogen-bond acceptors (Lipinski definition) is 7. The van der Waals surface area contributed by atoms with Gasteiger partial charge in [0.2, 0.25) is 0 Å². The molecule has 0 aromatic rings. The molecule has 4 atom stereocenters. The second kappa shape index (κ2) is 33.2. The number of carbonyl (C=O) groups is 2. The molecule has 0 rings (SSSR count). The number of esters is 2. The van der Waals surface area contributed by atoms with Gasteiger partial charge in [0.25, 0.3) is 0 Å². The zero-order valence-corrected chi connectivity index (χ0v) is 29.6. The molecule has 0 radical (unpaired) electrons. The first kappa shape index (κ1) is 44.3. The van der Waals surface area contributed by atoms with E-state index in [1.54, 1.807) is 24.3 Å². The summed E-state index contributed by atoms with van der Waals surface area (Å²) < 4.78 is 10.2. The third-order valence-corrected chi connectivity index (χ3v) is 7.68. The molecule has 0 aliphatic carbocycles. The van der Waals surface area contributed by atoms with Crippen LogP contribution in [0.25, 0.3) is 0 Å². The highest BCUT2D eigenvalue weighted by atomic mass is 16.6. The predicted molar refractivity (Wildman–Crippen MR) is 194 cm³/mol. The van der Waals surface area contributed by atoms with Crippen LogP contribution in [-0.4, -0.2) is 58.8 Å². The monoisotopic (exact) mass is 658 g/mol. The normalized spacial score (nSPS) is 15.1. The number of allylic oxidation sites excluding steroid dienone is 8. The first-order valence-corrected chi connectivity index (χ1v) is 18.1. The largest absolute Gasteiger partial charge is 0.463 e. The van der Waals surface area contributed by atoms with Crippen molar-refractivity contribution in [1.82, 2.24) is 0 Å². The average Bonchev–Trinajstić information content (AvgIpc) is 3.06. The summed E-state index contributed by atoms with van der Waals surface area (Å²) in [6.07, 6.45) is 36.0. The lowest BCUT2D eigenvalue weighted by atomic mass is 9.99. The lowest BCUT2D eigenvalue weighted by Gasteiger charge is -2.12. The molecular weight excluding hydrogens is 592 g/mol. The number of aliphatic hydroxyl groups excluding tert-OH is 3. The molecule has 0 aromatic heterocycles. The molecule has 7 heteroatoms. The van der Waals surface area contributed by atoms with Gasteiger partial charge in [-0.15, -0.1) is 0 Å². The fourth-order valence-corrected chi connectivity index (χ4v) is 4.50. The molecule has 0 aliphatic heterocycles. The van der Waals surface area contributed by atoms with Crippen LogP contribution in [0, 0.1) is 5.92 Å². The number of hydrogen-bond donors (Lipinski definition) is 3. The van der Waals surface area contributed by atoms with Crippen LogP contribution in [0.4, 0.5) is 0 Å². The van der Waals surface area contributed by atoms with E-state index in [0.29, 0.717) is 32.1 Å². The Labute approximate surface area is 286 Å². The summed E-state index contributed by atoms with van der Waals surface area (Å²) in [4.78, 5) is 23.8. The Morgan fingerprint density at radius 1 is 0.617 bits per heavy atom. The Morgan fingerprint density at radius 3 is 1.70 bits per heavy atom. The molecular formula is C40H66O7. The minimum Gasteiger partial charge on any atom is -0.463 e. The molecule has 0 bridgehead atoms. The van der Waals surface area contributed by atoms with E-state index in [2.05, 4.69) is 20.8 Å². The Bertz CT molecular complexity index is 931. The van der Waals surface area contributed by atoms with Crippen molar-refractivity contribution < 1.29 is 34.4 Å². The molecule has 1 unspecified atom stereocenters. The lowest BCUT2D eigenvalue weighted by Crippen LogP contribution is -2.25. The van der Waals surface area contributed by atoms with E-state index < -0.39 is 24.3 Å². The molecule has 0 saturated carbocycles. The maximum Gasteiger partial charge on any atom is 0.306 e. The van der Waals surface area contributed by atoms with Gasteiger partial charge in [0.1, 0.15) is 19.3 Å². The molecule has 0 spiro atoms. The van der Waals surface area contributed by atoms with Crippen molar-refractivity contribution in [3.63, 3.8) is 0 Å². The number of ether oxygens (including phenoxy) is 2. The van der Waals surface area contributed by atoms with Crippen LogP contribution in [0.2, 0.25) is 0 Å². The fourth-order valence-electron chi connectivity index (χ4n) is 4.50. The van der Waals surface area contributed by atoms with Gasteiger partial charge >= 0.3 is 11.9 Å². The third kappa shape index (κ3) is 33.0. The zero-order chi connectivity index (χ0) is 34.8. The summed E-state index contributed by atoms with van der Waals surface area (Å²) in [6.45, 7) is 6.27. The summed E-state index contributed by atoms with van der Waals surface area (Å²) in [5.41, 5.74) is 0. The minimum atomic E-state index is -1.03. The molecule has 0 heterocycles. The number of aliphatic hydroxyl groups is 3. The van der Waals surface area contributed by atoms with Crippen molar-refractivity contribution in [2.24, 2.45) is 5.92 Å². The van der Waals surface area contributed by atoms with E-state index in [4.69, 9.17) is 9.47 Å². The number of unbranched alkanes of at least 4 members (excludes halogenated alkanes) is 7. The van der Waals surface area contributed by atoms with E-state index in [1.165, 1.54) is 44.9 Å². The summed E-state index contributed by atoms with van der Waals surface area (Å²) in [5, 5.41) is 29.8. The maximum atomic E-state index is 11.9. The lowest BCUT2D eigenvalue weighted by molar-refractivity contribution is -0.152. The molecule has 0 fully saturated rings. The first-order chi connectivity index (χ1) is 22.8. The van der Waals surface area contributed by atoms with Crippen LogP contribution in [0.15, 0.2) is 72.9 Å². The molecule has 0 aromatic carbocycles. The Kier molecular flexibility index (Phi) is 31.2. The van der Waals surface area contributed by atoms with E-state index in [9.17, 15) is 24.9 Å². The Morgan fingerprint density at radius 2 is 1.13 bits per heavy atom. The number of carbonyl (C=O) groups excluding carboxylic acids is 2. The fraction of sp³-hybridized carbons (Fsp3) is 0.650. The Hall–Kier alpha value is -2.74. The highest BCUT2D eigenvalue weighted by Crippen LogP contribution is 2.15. The smallest absolute Gasteiger partial charge is 0.306 e. The molecule has 7 nitrogen and oxygen atoms in total. The van der Waals surface area contributed by atoms with Gasteiger partial charge in [-0.1, -0.05) is 151 Å². The van der Waals surface area contributed by atoms with Gasteiger partial charge in [0.15, 0.2) is 0 Å². The quantitative estimate of drug-likeness (QED) is 0.0306. The van der Waals surface area contributed by atoms with Crippen molar-refractivity contribution in [3.05, 3.63) is 72.9 Å². The standard InChI is InChI=1S/C40H66O7/c1-4-6-19-27-36(41)29-22-17-18-23-30-37(42)28-21-14-11-12-16-25-32-40(45)47-34-38(43)33-46-39(44)31-24-15-10-8-7-9-13-20-26-35(3)5-2/h6,12,14,16-19,21-23,29-30,35-38,41-43H,4-5,7-11,13,15,20,24-28,31-34H2,1-3H3/b16-12-,18-17-,19-6-,21-14-,29-22+,30-23+/t35?,36-,37+,38+/m1/s1. The van der Waals surface area contributed by atoms with Crippen LogP contribution < -0.4 is 0 Å². The highest BCUT2D eigenvalue weighted by molar-refractivity contribution is 5.70. The van der Waals surface area contributed by atoms with Crippen molar-refractivity contribution in [3.8, 4) is 0 Å². The van der Waals surface area contributed by atoms with Crippen LogP contribution >= 0.6 is 0 Å². The summed E-state index contributed by atoms with van der Waals surface area (Å²) in [5.74, 6) is 0.108. The molecule has 0 amide bonds. The summed E-state index contributed by atoms with van der Waals surface area (Å²) >= 11 is 0. The van der Waals surface area contributed by atoms with Gasteiger partial charge < -0.3 is 24.8 Å². The topological polar surface area (TPSA) is 113 Å². The summed E-state index contributed by atoms with van der Waals surface area (Å²) in [7, 11) is 0. The van der Waals surface area contributed by atoms with Crippen LogP contribution in [0.1, 0.15) is 130 Å². The average molecular weight is 659 g/mol. The van der Waals surface area contributed by atoms with Crippen LogP contribution in [0.5, 0.6) is 0 Å². The highest BCUT2D eigenvalue weighted by Gasteiger charge is 2.11. The van der Waals surface area contributed by atoms with Crippen molar-refractivity contribution in [2.75, 3.05) is 13.2 Å². The van der Waals surface area contributed by atoms with E-state index in [-0.39, 0.29) is 25.6 Å². The molecule has 47 heavy (non-hydrogen) atoms. The van der Waals surface area contributed by atoms with Crippen molar-refractivity contribution in [1.29, 1.82) is 0 Å². The van der Waals surface area contributed by atoms with Crippen molar-refractivity contribution >= 4 is 11.9 Å². The molecule has 3 N–H and O–H groups in total. The second-order valence-electron chi connectivity index (χ2n) is 12.3. The van der Waals surface area contributed by atoms with E-state index in [1.807, 2.05) is 48.6 Å². The third-order valence-electron chi connectivity index (χ3n) is 7.68. The maximum absolute atomic E-state index is 11.9. The van der Waals surface area contributed by atoms with Crippen LogP contribution in [0.3, 0.4) is 0 Å². The van der Waals surface area contributed by atoms with Crippen molar-refractivity contribution in [2.45, 2.75) is 148 Å². The van der Waals surface area contributed by atoms with Crippen LogP contribution in [-0.2, 0) is 19.1 Å². The van der Waals surface area contributed by atoms with E-state index in [0.717, 1.165) is 31.6 Å². The first-order valence-electron chi connectivity index (χ1n) is 18.1. The van der Waals surface area contributed by atoms with Gasteiger partial charge in [-0.05, 0) is 44.4 Å². The van der Waals surface area contributed by atoms with Gasteiger partial charge in [-0.3, -0.25) is 9.59 Å². The van der Waals surface area contributed by atoms with Gasteiger partial charge in [0, 0.05) is 12.8 Å².